The maximum Gasteiger partial charge on any atom is 0.0491 e. The van der Waals surface area contributed by atoms with Crippen molar-refractivity contribution in [2.75, 3.05) is 0 Å². The van der Waals surface area contributed by atoms with Crippen LogP contribution in [-0.4, -0.2) is 9.13 Å². The van der Waals surface area contributed by atoms with Crippen LogP contribution in [0.1, 0.15) is 25.0 Å². The molecule has 0 aliphatic rings. The molecule has 0 spiro atoms. The Morgan fingerprint density at radius 1 is 0.500 bits per heavy atom. The van der Waals surface area contributed by atoms with E-state index in [1.54, 1.807) is 0 Å². The standard InChI is InChI=1S/C30H26N2/c1-3-31-27-11-7-5-9-23(27)25-19-21(15-17-29(25)31)13-14-22-16-18-30-26(20-22)24-10-6-8-12-28(24)32(30)4-2/h5-20H,3-4H2,1-2H3. The summed E-state index contributed by atoms with van der Waals surface area (Å²) in [7, 11) is 0. The minimum atomic E-state index is 0.977. The molecule has 0 amide bonds. The molecule has 156 valence electrons. The molecule has 2 aromatic heterocycles. The van der Waals surface area contributed by atoms with Gasteiger partial charge in [0, 0.05) is 56.7 Å². The van der Waals surface area contributed by atoms with Crippen molar-refractivity contribution in [3.05, 3.63) is 96.1 Å². The van der Waals surface area contributed by atoms with Crippen LogP contribution in [0.3, 0.4) is 0 Å². The Balaban J connectivity index is 1.44. The van der Waals surface area contributed by atoms with E-state index < -0.39 is 0 Å². The third kappa shape index (κ3) is 2.80. The first-order chi connectivity index (χ1) is 15.8. The van der Waals surface area contributed by atoms with Gasteiger partial charge in [-0.1, -0.05) is 60.7 Å². The summed E-state index contributed by atoms with van der Waals surface area (Å²) in [5.41, 5.74) is 7.69. The molecule has 0 aliphatic heterocycles. The van der Waals surface area contributed by atoms with Crippen LogP contribution < -0.4 is 0 Å². The van der Waals surface area contributed by atoms with Gasteiger partial charge in [0.2, 0.25) is 0 Å². The van der Waals surface area contributed by atoms with Gasteiger partial charge in [0.15, 0.2) is 0 Å². The molecule has 2 heterocycles. The minimum absolute atomic E-state index is 0.977. The van der Waals surface area contributed by atoms with E-state index in [9.17, 15) is 0 Å². The number of nitrogens with zero attached hydrogens (tertiary/aromatic N) is 2. The monoisotopic (exact) mass is 414 g/mol. The molecule has 0 saturated carbocycles. The van der Waals surface area contributed by atoms with Crippen molar-refractivity contribution in [1.82, 2.24) is 9.13 Å². The van der Waals surface area contributed by atoms with Gasteiger partial charge in [-0.2, -0.15) is 0 Å². The number of benzene rings is 4. The van der Waals surface area contributed by atoms with Crippen molar-refractivity contribution in [1.29, 1.82) is 0 Å². The SMILES string of the molecule is CCn1c2ccccc2c2cc(C=Cc3ccc4c(c3)c3ccccc3n4CC)ccc21. The van der Waals surface area contributed by atoms with Gasteiger partial charge >= 0.3 is 0 Å². The molecular weight excluding hydrogens is 388 g/mol. The zero-order valence-electron chi connectivity index (χ0n) is 18.5. The van der Waals surface area contributed by atoms with Crippen molar-refractivity contribution in [3.63, 3.8) is 0 Å². The van der Waals surface area contributed by atoms with E-state index in [4.69, 9.17) is 0 Å². The maximum absolute atomic E-state index is 2.40. The van der Waals surface area contributed by atoms with Gasteiger partial charge in [-0.25, -0.2) is 0 Å². The largest absolute Gasteiger partial charge is 0.341 e. The molecule has 2 nitrogen and oxygen atoms in total. The van der Waals surface area contributed by atoms with Crippen LogP contribution in [0.2, 0.25) is 0 Å². The van der Waals surface area contributed by atoms with E-state index in [0.29, 0.717) is 0 Å². The van der Waals surface area contributed by atoms with Crippen molar-refractivity contribution in [2.45, 2.75) is 26.9 Å². The number of hydrogen-bond donors (Lipinski definition) is 0. The van der Waals surface area contributed by atoms with Gasteiger partial charge < -0.3 is 9.13 Å². The Bertz CT molecular complexity index is 1520. The summed E-state index contributed by atoms with van der Waals surface area (Å²) in [6.45, 7) is 6.38. The third-order valence-electron chi connectivity index (χ3n) is 6.69. The topological polar surface area (TPSA) is 9.86 Å². The van der Waals surface area contributed by atoms with Gasteiger partial charge in [-0.05, 0) is 61.4 Å². The molecule has 0 bridgehead atoms. The van der Waals surface area contributed by atoms with Gasteiger partial charge in [0.05, 0.1) is 0 Å². The lowest BCUT2D eigenvalue weighted by Crippen LogP contribution is -1.92. The van der Waals surface area contributed by atoms with E-state index >= 15 is 0 Å². The van der Waals surface area contributed by atoms with Crippen LogP contribution >= 0.6 is 0 Å². The molecular formula is C30H26N2. The Kier molecular flexibility index (Phi) is 4.39. The summed E-state index contributed by atoms with van der Waals surface area (Å²) in [5, 5.41) is 5.30. The van der Waals surface area contributed by atoms with Crippen molar-refractivity contribution >= 4 is 55.8 Å². The number of fused-ring (bicyclic) bond motifs is 6. The Labute approximate surface area is 188 Å². The van der Waals surface area contributed by atoms with Gasteiger partial charge in [0.25, 0.3) is 0 Å². The lowest BCUT2D eigenvalue weighted by molar-refractivity contribution is 0.827. The first-order valence-electron chi connectivity index (χ1n) is 11.5. The van der Waals surface area contributed by atoms with Gasteiger partial charge in [0.1, 0.15) is 0 Å². The zero-order valence-corrected chi connectivity index (χ0v) is 18.5. The number of aromatic nitrogens is 2. The van der Waals surface area contributed by atoms with Crippen molar-refractivity contribution in [3.8, 4) is 0 Å². The smallest absolute Gasteiger partial charge is 0.0491 e. The Morgan fingerprint density at radius 3 is 1.34 bits per heavy atom. The van der Waals surface area contributed by atoms with Crippen LogP contribution in [-0.2, 0) is 13.1 Å². The average molecular weight is 415 g/mol. The Morgan fingerprint density at radius 2 is 0.906 bits per heavy atom. The predicted molar refractivity (Wildman–Crippen MR) is 139 cm³/mol. The number of para-hydroxylation sites is 2. The summed E-state index contributed by atoms with van der Waals surface area (Å²) < 4.78 is 4.80. The Hall–Kier alpha value is -3.78. The second kappa shape index (κ2) is 7.42. The van der Waals surface area contributed by atoms with Gasteiger partial charge in [-0.3, -0.25) is 0 Å². The quantitative estimate of drug-likeness (QED) is 0.258. The first-order valence-corrected chi connectivity index (χ1v) is 11.5. The molecule has 6 rings (SSSR count). The van der Waals surface area contributed by atoms with Crippen LogP contribution in [0, 0.1) is 0 Å². The highest BCUT2D eigenvalue weighted by molar-refractivity contribution is 6.10. The minimum Gasteiger partial charge on any atom is -0.341 e. The van der Waals surface area contributed by atoms with E-state index in [2.05, 4.69) is 120 Å². The molecule has 0 fully saturated rings. The summed E-state index contributed by atoms with van der Waals surface area (Å²) in [6, 6.07) is 31.0. The summed E-state index contributed by atoms with van der Waals surface area (Å²) in [5.74, 6) is 0. The van der Waals surface area contributed by atoms with Crippen LogP contribution in [0.25, 0.3) is 55.8 Å². The molecule has 4 aromatic carbocycles. The van der Waals surface area contributed by atoms with E-state index in [1.807, 2.05) is 0 Å². The van der Waals surface area contributed by atoms with Crippen LogP contribution in [0.4, 0.5) is 0 Å². The normalized spacial score (nSPS) is 12.2. The lowest BCUT2D eigenvalue weighted by Gasteiger charge is -2.03. The van der Waals surface area contributed by atoms with Crippen molar-refractivity contribution < 1.29 is 0 Å². The summed E-state index contributed by atoms with van der Waals surface area (Å²) in [4.78, 5) is 0. The summed E-state index contributed by atoms with van der Waals surface area (Å²) in [6.07, 6.45) is 4.47. The molecule has 0 N–H and O–H groups in total. The van der Waals surface area contributed by atoms with E-state index in [0.717, 1.165) is 13.1 Å². The lowest BCUT2D eigenvalue weighted by atomic mass is 10.1. The molecule has 0 aliphatic carbocycles. The number of aryl methyl sites for hydroxylation is 2. The van der Waals surface area contributed by atoms with Crippen LogP contribution in [0.15, 0.2) is 84.9 Å². The number of hydrogen-bond acceptors (Lipinski definition) is 0. The van der Waals surface area contributed by atoms with Gasteiger partial charge in [-0.15, -0.1) is 0 Å². The first kappa shape index (κ1) is 18.9. The molecule has 0 saturated heterocycles. The predicted octanol–water partition coefficient (Wildman–Crippen LogP) is 8.11. The highest BCUT2D eigenvalue weighted by Crippen LogP contribution is 2.32. The fourth-order valence-corrected chi connectivity index (χ4v) is 5.22. The zero-order chi connectivity index (χ0) is 21.7. The van der Waals surface area contributed by atoms with E-state index in [-0.39, 0.29) is 0 Å². The highest BCUT2D eigenvalue weighted by Gasteiger charge is 2.10. The fourth-order valence-electron chi connectivity index (χ4n) is 5.22. The molecule has 2 heteroatoms. The van der Waals surface area contributed by atoms with Crippen molar-refractivity contribution in [2.24, 2.45) is 0 Å². The molecule has 0 radical (unpaired) electrons. The fraction of sp³-hybridized carbons (Fsp3) is 0.133. The maximum atomic E-state index is 2.40. The molecule has 6 aromatic rings. The second-order valence-corrected chi connectivity index (χ2v) is 8.41. The van der Waals surface area contributed by atoms with Crippen LogP contribution in [0.5, 0.6) is 0 Å². The molecule has 32 heavy (non-hydrogen) atoms. The average Bonchev–Trinajstić information content (AvgIpc) is 3.34. The number of rotatable bonds is 4. The second-order valence-electron chi connectivity index (χ2n) is 8.41. The van der Waals surface area contributed by atoms with E-state index in [1.165, 1.54) is 54.7 Å². The molecule has 0 unspecified atom stereocenters. The highest BCUT2D eigenvalue weighted by atomic mass is 15.0. The molecule has 0 atom stereocenters. The summed E-state index contributed by atoms with van der Waals surface area (Å²) >= 11 is 0. The third-order valence-corrected chi connectivity index (χ3v) is 6.69.